The van der Waals surface area contributed by atoms with Crippen molar-refractivity contribution < 1.29 is 0 Å². The van der Waals surface area contributed by atoms with Gasteiger partial charge in [0.05, 0.1) is 0 Å². The molecule has 20 heavy (non-hydrogen) atoms. The molecule has 2 aromatic rings. The highest BCUT2D eigenvalue weighted by Crippen LogP contribution is 2.13. The first-order valence-corrected chi connectivity index (χ1v) is 7.34. The van der Waals surface area contributed by atoms with Gasteiger partial charge in [-0.3, -0.25) is 4.98 Å². The molecule has 2 nitrogen and oxygen atoms in total. The number of hydrogen-bond donors (Lipinski definition) is 1. The summed E-state index contributed by atoms with van der Waals surface area (Å²) in [5, 5.41) is 3.66. The molecule has 1 aromatic carbocycles. The number of benzene rings is 1. The van der Waals surface area contributed by atoms with Crippen molar-refractivity contribution in [2.24, 2.45) is 0 Å². The molecule has 1 N–H and O–H groups in total. The Morgan fingerprint density at radius 3 is 2.25 bits per heavy atom. The Morgan fingerprint density at radius 1 is 0.900 bits per heavy atom. The lowest BCUT2D eigenvalue weighted by atomic mass is 9.95. The van der Waals surface area contributed by atoms with Crippen LogP contribution in [0.5, 0.6) is 0 Å². The minimum absolute atomic E-state index is 0.170. The van der Waals surface area contributed by atoms with E-state index in [9.17, 15) is 0 Å². The lowest BCUT2D eigenvalue weighted by Gasteiger charge is -2.26. The van der Waals surface area contributed by atoms with Crippen LogP contribution in [-0.2, 0) is 12.8 Å². The number of aromatic nitrogens is 1. The van der Waals surface area contributed by atoms with E-state index in [0.717, 1.165) is 25.8 Å². The summed E-state index contributed by atoms with van der Waals surface area (Å²) in [4.78, 5) is 4.04. The molecule has 1 heterocycles. The molecular formula is C18H24N2. The van der Waals surface area contributed by atoms with Crippen LogP contribution in [0.4, 0.5) is 0 Å². The zero-order valence-electron chi connectivity index (χ0n) is 12.5. The Balaban J connectivity index is 1.73. The third-order valence-electron chi connectivity index (χ3n) is 3.65. The van der Waals surface area contributed by atoms with Crippen molar-refractivity contribution in [3.8, 4) is 0 Å². The number of rotatable bonds is 7. The Hall–Kier alpha value is -1.67. The highest BCUT2D eigenvalue weighted by atomic mass is 14.9. The average Bonchev–Trinajstić information content (AvgIpc) is 2.47. The van der Waals surface area contributed by atoms with Crippen LogP contribution in [0.15, 0.2) is 54.9 Å². The van der Waals surface area contributed by atoms with Gasteiger partial charge in [-0.25, -0.2) is 0 Å². The van der Waals surface area contributed by atoms with Crippen molar-refractivity contribution >= 4 is 0 Å². The first kappa shape index (κ1) is 14.7. The van der Waals surface area contributed by atoms with Crippen LogP contribution >= 0.6 is 0 Å². The first-order chi connectivity index (χ1) is 9.66. The SMILES string of the molecule is CC(C)(CCc1ccccc1)NCCc1ccncc1. The zero-order valence-corrected chi connectivity index (χ0v) is 12.5. The van der Waals surface area contributed by atoms with E-state index in [1.165, 1.54) is 11.1 Å². The van der Waals surface area contributed by atoms with E-state index in [4.69, 9.17) is 0 Å². The summed E-state index contributed by atoms with van der Waals surface area (Å²) in [6, 6.07) is 14.9. The predicted octanol–water partition coefficient (Wildman–Crippen LogP) is 3.63. The molecule has 0 unspecified atom stereocenters. The van der Waals surface area contributed by atoms with Gasteiger partial charge >= 0.3 is 0 Å². The molecule has 106 valence electrons. The van der Waals surface area contributed by atoms with Crippen molar-refractivity contribution in [3.05, 3.63) is 66.0 Å². The van der Waals surface area contributed by atoms with Gasteiger partial charge in [-0.2, -0.15) is 0 Å². The molecule has 0 aliphatic rings. The van der Waals surface area contributed by atoms with Gasteiger partial charge in [-0.05, 0) is 62.9 Å². The maximum atomic E-state index is 4.04. The second kappa shape index (κ2) is 7.20. The van der Waals surface area contributed by atoms with Crippen LogP contribution in [0, 0.1) is 0 Å². The van der Waals surface area contributed by atoms with E-state index >= 15 is 0 Å². The van der Waals surface area contributed by atoms with Crippen molar-refractivity contribution in [2.75, 3.05) is 6.54 Å². The molecular weight excluding hydrogens is 244 g/mol. The van der Waals surface area contributed by atoms with Crippen LogP contribution in [0.1, 0.15) is 31.4 Å². The summed E-state index contributed by atoms with van der Waals surface area (Å²) >= 11 is 0. The van der Waals surface area contributed by atoms with E-state index in [0.29, 0.717) is 0 Å². The average molecular weight is 268 g/mol. The molecule has 2 heteroatoms. The maximum absolute atomic E-state index is 4.04. The highest BCUT2D eigenvalue weighted by molar-refractivity contribution is 5.15. The van der Waals surface area contributed by atoms with E-state index in [-0.39, 0.29) is 5.54 Å². The van der Waals surface area contributed by atoms with Gasteiger partial charge < -0.3 is 5.32 Å². The molecule has 0 bridgehead atoms. The molecule has 2 rings (SSSR count). The summed E-state index contributed by atoms with van der Waals surface area (Å²) in [5.74, 6) is 0. The normalized spacial score (nSPS) is 11.5. The van der Waals surface area contributed by atoms with Crippen molar-refractivity contribution in [3.63, 3.8) is 0 Å². The number of hydrogen-bond acceptors (Lipinski definition) is 2. The lowest BCUT2D eigenvalue weighted by Crippen LogP contribution is -2.40. The number of pyridine rings is 1. The molecule has 0 amide bonds. The largest absolute Gasteiger partial charge is 0.311 e. The third kappa shape index (κ3) is 5.14. The molecule has 0 saturated heterocycles. The molecule has 0 spiro atoms. The Morgan fingerprint density at radius 2 is 1.55 bits per heavy atom. The molecule has 0 saturated carbocycles. The number of nitrogens with zero attached hydrogens (tertiary/aromatic N) is 1. The van der Waals surface area contributed by atoms with E-state index in [2.05, 4.69) is 66.6 Å². The van der Waals surface area contributed by atoms with Crippen LogP contribution in [0.2, 0.25) is 0 Å². The van der Waals surface area contributed by atoms with Crippen LogP contribution in [0.3, 0.4) is 0 Å². The molecule has 0 aliphatic heterocycles. The summed E-state index contributed by atoms with van der Waals surface area (Å²) in [7, 11) is 0. The van der Waals surface area contributed by atoms with Crippen LogP contribution < -0.4 is 5.32 Å². The second-order valence-corrected chi connectivity index (χ2v) is 5.90. The monoisotopic (exact) mass is 268 g/mol. The van der Waals surface area contributed by atoms with Gasteiger partial charge in [0.25, 0.3) is 0 Å². The molecule has 1 aromatic heterocycles. The van der Waals surface area contributed by atoms with Crippen molar-refractivity contribution in [1.82, 2.24) is 10.3 Å². The van der Waals surface area contributed by atoms with E-state index in [1.54, 1.807) is 0 Å². The fourth-order valence-corrected chi connectivity index (χ4v) is 2.28. The second-order valence-electron chi connectivity index (χ2n) is 5.90. The van der Waals surface area contributed by atoms with Gasteiger partial charge in [0.15, 0.2) is 0 Å². The fraction of sp³-hybridized carbons (Fsp3) is 0.389. The molecule has 0 atom stereocenters. The van der Waals surface area contributed by atoms with Crippen molar-refractivity contribution in [1.29, 1.82) is 0 Å². The van der Waals surface area contributed by atoms with E-state index in [1.807, 2.05) is 12.4 Å². The Labute approximate surface area is 122 Å². The van der Waals surface area contributed by atoms with Crippen LogP contribution in [0.25, 0.3) is 0 Å². The van der Waals surface area contributed by atoms with Gasteiger partial charge in [0.2, 0.25) is 0 Å². The summed E-state index contributed by atoms with van der Waals surface area (Å²) in [6.45, 7) is 5.57. The third-order valence-corrected chi connectivity index (χ3v) is 3.65. The maximum Gasteiger partial charge on any atom is 0.0270 e. The summed E-state index contributed by atoms with van der Waals surface area (Å²) in [6.07, 6.45) is 7.03. The smallest absolute Gasteiger partial charge is 0.0270 e. The highest BCUT2D eigenvalue weighted by Gasteiger charge is 2.16. The van der Waals surface area contributed by atoms with E-state index < -0.39 is 0 Å². The van der Waals surface area contributed by atoms with Crippen LogP contribution in [-0.4, -0.2) is 17.1 Å². The van der Waals surface area contributed by atoms with Gasteiger partial charge in [-0.15, -0.1) is 0 Å². The lowest BCUT2D eigenvalue weighted by molar-refractivity contribution is 0.365. The van der Waals surface area contributed by atoms with Crippen molar-refractivity contribution in [2.45, 2.75) is 38.6 Å². The Kier molecular flexibility index (Phi) is 5.31. The predicted molar refractivity (Wildman–Crippen MR) is 84.8 cm³/mol. The standard InChI is InChI=1S/C18H24N2/c1-18(2,12-8-16-6-4-3-5-7-16)20-15-11-17-9-13-19-14-10-17/h3-7,9-10,13-14,20H,8,11-12,15H2,1-2H3. The Bertz CT molecular complexity index is 491. The van der Waals surface area contributed by atoms with Gasteiger partial charge in [0, 0.05) is 17.9 Å². The number of nitrogens with one attached hydrogen (secondary N) is 1. The topological polar surface area (TPSA) is 24.9 Å². The summed E-state index contributed by atoms with van der Waals surface area (Å²) < 4.78 is 0. The van der Waals surface area contributed by atoms with Gasteiger partial charge in [-0.1, -0.05) is 30.3 Å². The molecule has 0 aliphatic carbocycles. The fourth-order valence-electron chi connectivity index (χ4n) is 2.28. The first-order valence-electron chi connectivity index (χ1n) is 7.34. The summed E-state index contributed by atoms with van der Waals surface area (Å²) in [5.41, 5.74) is 2.92. The molecule has 0 radical (unpaired) electrons. The minimum atomic E-state index is 0.170. The minimum Gasteiger partial charge on any atom is -0.311 e. The number of aryl methyl sites for hydroxylation is 1. The van der Waals surface area contributed by atoms with Gasteiger partial charge in [0.1, 0.15) is 0 Å². The quantitative estimate of drug-likeness (QED) is 0.829. The zero-order chi connectivity index (χ0) is 14.3. The molecule has 0 fully saturated rings.